The van der Waals surface area contributed by atoms with Crippen molar-refractivity contribution in [3.63, 3.8) is 0 Å². The molecule has 2 unspecified atom stereocenters. The van der Waals surface area contributed by atoms with E-state index in [2.05, 4.69) is 4.98 Å². The molecule has 1 fully saturated rings. The lowest BCUT2D eigenvalue weighted by molar-refractivity contribution is -0.0988. The largest absolute Gasteiger partial charge is 0.477 e. The van der Waals surface area contributed by atoms with Gasteiger partial charge in [0, 0.05) is 31.6 Å². The summed E-state index contributed by atoms with van der Waals surface area (Å²) in [6.07, 6.45) is 3.95. The van der Waals surface area contributed by atoms with Gasteiger partial charge in [0.1, 0.15) is 22.6 Å². The number of aromatic nitrogens is 2. The molecule has 2 atom stereocenters. The highest BCUT2D eigenvalue weighted by atomic mass is 35.5. The molecule has 11 heteroatoms. The maximum atomic E-state index is 12.5. The summed E-state index contributed by atoms with van der Waals surface area (Å²) < 4.78 is 25.5. The minimum absolute atomic E-state index is 0.0558. The molecule has 0 radical (unpaired) electrons. The summed E-state index contributed by atoms with van der Waals surface area (Å²) in [5, 5.41) is 9.66. The third-order valence-corrected chi connectivity index (χ3v) is 7.32. The van der Waals surface area contributed by atoms with Gasteiger partial charge in [-0.05, 0) is 24.5 Å². The van der Waals surface area contributed by atoms with Gasteiger partial charge in [-0.2, -0.15) is 0 Å². The van der Waals surface area contributed by atoms with Crippen molar-refractivity contribution < 1.29 is 28.8 Å². The van der Waals surface area contributed by atoms with E-state index in [1.165, 1.54) is 23.6 Å². The Balaban J connectivity index is 1.65. The molecule has 0 amide bonds. The molecule has 1 saturated heterocycles. The third-order valence-electron chi connectivity index (χ3n) is 5.96. The molecule has 1 aliphatic carbocycles. The number of hydrogen-bond acceptors (Lipinski definition) is 8. The number of ether oxygens (including phenoxy) is 4. The lowest BCUT2D eigenvalue weighted by Gasteiger charge is -2.41. The number of pyridine rings is 1. The average molecular weight is 493 g/mol. The van der Waals surface area contributed by atoms with Crippen LogP contribution >= 0.6 is 22.9 Å². The number of fused-ring (bicyclic) bond motifs is 4. The van der Waals surface area contributed by atoms with E-state index < -0.39 is 23.1 Å². The highest BCUT2D eigenvalue weighted by Crippen LogP contribution is 2.52. The molecule has 9 nitrogen and oxygen atoms in total. The summed E-state index contributed by atoms with van der Waals surface area (Å²) in [5.41, 5.74) is 2.00. The molecular formula is C22H21ClN2O7S. The van der Waals surface area contributed by atoms with Crippen LogP contribution in [0.15, 0.2) is 40.0 Å². The Morgan fingerprint density at radius 1 is 1.45 bits per heavy atom. The number of rotatable bonds is 7. The van der Waals surface area contributed by atoms with Gasteiger partial charge >= 0.3 is 5.97 Å². The standard InChI is InChI=1S/C22H21ClN2O7S/c1-29-4-2-5-32-22(19-20(23)24-10-33-19)8-16-17(12-3-6-30-18(12)22)14-7-15(26)13(21(27)28)9-25(14)11-31-16/h7-10,18H,2-6,11H2,1H3,(H,27,28). The van der Waals surface area contributed by atoms with Crippen molar-refractivity contribution in [2.24, 2.45) is 0 Å². The van der Waals surface area contributed by atoms with Gasteiger partial charge in [0.05, 0.1) is 29.3 Å². The number of hydrogen-bond donors (Lipinski definition) is 1. The topological polar surface area (TPSA) is 109 Å². The minimum atomic E-state index is -1.27. The van der Waals surface area contributed by atoms with Crippen LogP contribution in [-0.2, 0) is 31.3 Å². The van der Waals surface area contributed by atoms with Crippen LogP contribution in [0.3, 0.4) is 0 Å². The van der Waals surface area contributed by atoms with Crippen molar-refractivity contribution in [2.75, 3.05) is 26.9 Å². The predicted molar refractivity (Wildman–Crippen MR) is 119 cm³/mol. The summed E-state index contributed by atoms with van der Waals surface area (Å²) >= 11 is 7.85. The fraction of sp³-hybridized carbons (Fsp3) is 0.409. The summed E-state index contributed by atoms with van der Waals surface area (Å²) in [6.45, 7) is 1.45. The number of nitrogens with zero attached hydrogens (tertiary/aromatic N) is 2. The fourth-order valence-corrected chi connectivity index (χ4v) is 5.77. The molecule has 2 aromatic rings. The number of carboxylic acid groups (broad SMARTS) is 1. The van der Waals surface area contributed by atoms with Gasteiger partial charge in [0.2, 0.25) is 0 Å². The van der Waals surface area contributed by atoms with Crippen LogP contribution in [0, 0.1) is 0 Å². The number of thiazole rings is 1. The van der Waals surface area contributed by atoms with Gasteiger partial charge in [-0.3, -0.25) is 4.79 Å². The van der Waals surface area contributed by atoms with Crippen molar-refractivity contribution in [2.45, 2.75) is 31.3 Å². The van der Waals surface area contributed by atoms with E-state index >= 15 is 0 Å². The van der Waals surface area contributed by atoms with E-state index in [0.29, 0.717) is 54.1 Å². The Hall–Kier alpha value is -2.50. The molecule has 1 N–H and O–H groups in total. The second kappa shape index (κ2) is 8.69. The molecule has 33 heavy (non-hydrogen) atoms. The van der Waals surface area contributed by atoms with Crippen LogP contribution in [0.5, 0.6) is 0 Å². The van der Waals surface area contributed by atoms with Crippen LogP contribution < -0.4 is 5.43 Å². The molecule has 2 aromatic heterocycles. The molecule has 174 valence electrons. The van der Waals surface area contributed by atoms with Gasteiger partial charge < -0.3 is 28.6 Å². The summed E-state index contributed by atoms with van der Waals surface area (Å²) in [7, 11) is 1.64. The second-order valence-electron chi connectivity index (χ2n) is 7.85. The Morgan fingerprint density at radius 2 is 2.30 bits per heavy atom. The van der Waals surface area contributed by atoms with Crippen LogP contribution in [0.2, 0.25) is 5.15 Å². The molecule has 0 bridgehead atoms. The molecule has 5 rings (SSSR count). The van der Waals surface area contributed by atoms with Gasteiger partial charge in [-0.1, -0.05) is 11.6 Å². The molecular weight excluding hydrogens is 472 g/mol. The zero-order chi connectivity index (χ0) is 23.2. The summed E-state index contributed by atoms with van der Waals surface area (Å²) in [4.78, 5) is 28.8. The van der Waals surface area contributed by atoms with E-state index in [-0.39, 0.29) is 12.3 Å². The van der Waals surface area contributed by atoms with Crippen LogP contribution in [0.25, 0.3) is 5.57 Å². The first-order chi connectivity index (χ1) is 16.0. The molecule has 2 aliphatic heterocycles. The number of aromatic carboxylic acids is 1. The quantitative estimate of drug-likeness (QED) is 0.587. The maximum Gasteiger partial charge on any atom is 0.341 e. The van der Waals surface area contributed by atoms with Crippen LogP contribution in [0.4, 0.5) is 0 Å². The number of methoxy groups -OCH3 is 1. The minimum Gasteiger partial charge on any atom is -0.477 e. The third kappa shape index (κ3) is 3.62. The molecule has 0 spiro atoms. The lowest BCUT2D eigenvalue weighted by Crippen LogP contribution is -2.44. The van der Waals surface area contributed by atoms with Crippen molar-refractivity contribution in [1.82, 2.24) is 9.55 Å². The van der Waals surface area contributed by atoms with E-state index in [1.54, 1.807) is 17.2 Å². The first kappa shape index (κ1) is 22.3. The van der Waals surface area contributed by atoms with E-state index in [4.69, 9.17) is 30.5 Å². The summed E-state index contributed by atoms with van der Waals surface area (Å²) in [5.74, 6) is -0.728. The number of allylic oxidation sites excluding steroid dienone is 1. The van der Waals surface area contributed by atoms with Gasteiger partial charge in [0.15, 0.2) is 17.8 Å². The van der Waals surface area contributed by atoms with Crippen molar-refractivity contribution in [3.05, 3.63) is 66.7 Å². The highest BCUT2D eigenvalue weighted by Gasteiger charge is 2.52. The lowest BCUT2D eigenvalue weighted by atomic mass is 9.79. The molecule has 3 aliphatic rings. The fourth-order valence-electron chi connectivity index (χ4n) is 4.56. The number of halogens is 1. The Morgan fingerprint density at radius 3 is 3.03 bits per heavy atom. The Bertz CT molecular complexity index is 1230. The van der Waals surface area contributed by atoms with Gasteiger partial charge in [-0.15, -0.1) is 11.3 Å². The Kier molecular flexibility index (Phi) is 5.87. The van der Waals surface area contributed by atoms with E-state index in [9.17, 15) is 14.7 Å². The number of carboxylic acids is 1. The zero-order valence-electron chi connectivity index (χ0n) is 17.7. The van der Waals surface area contributed by atoms with E-state index in [0.717, 1.165) is 11.1 Å². The van der Waals surface area contributed by atoms with Crippen molar-refractivity contribution in [3.8, 4) is 0 Å². The highest BCUT2D eigenvalue weighted by molar-refractivity contribution is 7.10. The van der Waals surface area contributed by atoms with Crippen molar-refractivity contribution >= 4 is 34.5 Å². The SMILES string of the molecule is COCCCOC1(c2scnc2Cl)C=C2OCn3cc(C(=O)O)c(=O)cc3C2=C2CCOC21. The second-order valence-corrected chi connectivity index (χ2v) is 9.07. The molecule has 0 aromatic carbocycles. The van der Waals surface area contributed by atoms with Gasteiger partial charge in [-0.25, -0.2) is 9.78 Å². The smallest absolute Gasteiger partial charge is 0.341 e. The van der Waals surface area contributed by atoms with E-state index in [1.807, 2.05) is 6.08 Å². The maximum absolute atomic E-state index is 12.5. The predicted octanol–water partition coefficient (Wildman–Crippen LogP) is 3.03. The first-order valence-electron chi connectivity index (χ1n) is 10.4. The average Bonchev–Trinajstić information content (AvgIpc) is 3.45. The van der Waals surface area contributed by atoms with Crippen molar-refractivity contribution in [1.29, 1.82) is 0 Å². The Labute approximate surface area is 197 Å². The first-order valence-corrected chi connectivity index (χ1v) is 11.6. The monoisotopic (exact) mass is 492 g/mol. The summed E-state index contributed by atoms with van der Waals surface area (Å²) in [6, 6.07) is 1.35. The normalized spacial score (nSPS) is 23.5. The van der Waals surface area contributed by atoms with Gasteiger partial charge in [0.25, 0.3) is 0 Å². The molecule has 0 saturated carbocycles. The number of carbonyl (C=O) groups is 1. The zero-order valence-corrected chi connectivity index (χ0v) is 19.3. The molecule has 4 heterocycles. The van der Waals surface area contributed by atoms with Crippen LogP contribution in [0.1, 0.15) is 33.8 Å². The van der Waals surface area contributed by atoms with Crippen LogP contribution in [-0.4, -0.2) is 53.7 Å².